The van der Waals surface area contributed by atoms with Crippen LogP contribution >= 0.6 is 22.7 Å². The molecule has 0 bridgehead atoms. The van der Waals surface area contributed by atoms with E-state index in [1.807, 2.05) is 38.1 Å². The van der Waals surface area contributed by atoms with E-state index in [-0.39, 0.29) is 16.6 Å². The topological polar surface area (TPSA) is 85.4 Å². The fourth-order valence-corrected chi connectivity index (χ4v) is 5.63. The summed E-state index contributed by atoms with van der Waals surface area (Å²) in [4.78, 5) is 18.0. The lowest BCUT2D eigenvalue weighted by Crippen LogP contribution is -2.10. The van der Waals surface area contributed by atoms with Crippen LogP contribution in [0.2, 0.25) is 0 Å². The first-order valence-electron chi connectivity index (χ1n) is 9.19. The second-order valence-electron chi connectivity index (χ2n) is 6.26. The van der Waals surface area contributed by atoms with Gasteiger partial charge in [0.25, 0.3) is 0 Å². The number of ketones is 1. The van der Waals surface area contributed by atoms with Crippen molar-refractivity contribution in [2.75, 3.05) is 18.5 Å². The highest BCUT2D eigenvalue weighted by Crippen LogP contribution is 2.26. The number of carbonyl (C=O) groups excluding carboxylic acids is 1. The van der Waals surface area contributed by atoms with Gasteiger partial charge in [0.05, 0.1) is 17.2 Å². The maximum absolute atomic E-state index is 12.9. The Kier molecular flexibility index (Phi) is 7.18. The molecule has 0 fully saturated rings. The third-order valence-corrected chi connectivity index (χ3v) is 8.01. The van der Waals surface area contributed by atoms with Crippen LogP contribution in [-0.4, -0.2) is 32.3 Å². The molecule has 0 saturated heterocycles. The van der Waals surface area contributed by atoms with E-state index in [1.54, 1.807) is 11.4 Å². The zero-order chi connectivity index (χ0) is 20.9. The van der Waals surface area contributed by atoms with Crippen molar-refractivity contribution >= 4 is 43.7 Å². The summed E-state index contributed by atoms with van der Waals surface area (Å²) < 4.78 is 29.2. The van der Waals surface area contributed by atoms with Crippen molar-refractivity contribution in [3.63, 3.8) is 0 Å². The number of hydrogen-bond acceptors (Lipinski definition) is 8. The van der Waals surface area contributed by atoms with E-state index in [9.17, 15) is 13.2 Å². The molecule has 0 saturated carbocycles. The smallest absolute Gasteiger partial charge is 0.306 e. The molecule has 0 spiro atoms. The number of aromatic nitrogens is 1. The number of nitrogens with one attached hydrogen (secondary N) is 1. The first kappa shape index (κ1) is 21.6. The maximum atomic E-state index is 12.9. The molecule has 3 aromatic rings. The summed E-state index contributed by atoms with van der Waals surface area (Å²) in [6.07, 6.45) is 1.28. The van der Waals surface area contributed by atoms with Gasteiger partial charge in [-0.3, -0.25) is 8.98 Å². The normalized spacial score (nSPS) is 11.5. The van der Waals surface area contributed by atoms with Crippen LogP contribution in [0.1, 0.15) is 39.8 Å². The van der Waals surface area contributed by atoms with Gasteiger partial charge in [-0.05, 0) is 36.8 Å². The highest BCUT2D eigenvalue weighted by molar-refractivity contribution is 7.89. The van der Waals surface area contributed by atoms with E-state index in [4.69, 9.17) is 4.18 Å². The molecule has 0 atom stereocenters. The van der Waals surface area contributed by atoms with Gasteiger partial charge in [-0.2, -0.15) is 8.42 Å². The maximum Gasteiger partial charge on any atom is 0.306 e. The van der Waals surface area contributed by atoms with Gasteiger partial charge in [0, 0.05) is 12.1 Å². The van der Waals surface area contributed by atoms with Crippen LogP contribution in [0.25, 0.3) is 0 Å². The van der Waals surface area contributed by atoms with Crippen LogP contribution < -0.4 is 5.32 Å². The summed E-state index contributed by atoms with van der Waals surface area (Å²) in [5.41, 5.74) is 2.41. The molecule has 0 unspecified atom stereocenters. The van der Waals surface area contributed by atoms with E-state index in [1.165, 1.54) is 17.4 Å². The molecule has 29 heavy (non-hydrogen) atoms. The highest BCUT2D eigenvalue weighted by atomic mass is 32.3. The molecule has 3 rings (SSSR count). The number of thiophene rings is 1. The number of aryl methyl sites for hydroxylation is 2. The largest absolute Gasteiger partial charge is 0.361 e. The van der Waals surface area contributed by atoms with Crippen molar-refractivity contribution in [2.45, 2.75) is 30.9 Å². The van der Waals surface area contributed by atoms with Gasteiger partial charge in [-0.15, -0.1) is 11.3 Å². The molecule has 2 heterocycles. The molecule has 1 N–H and O–H groups in total. The van der Waals surface area contributed by atoms with Crippen LogP contribution in [0, 0.1) is 6.92 Å². The summed E-state index contributed by atoms with van der Waals surface area (Å²) in [5.74, 6) is -0.0177. The lowest BCUT2D eigenvalue weighted by Gasteiger charge is -2.05. The first-order valence-corrected chi connectivity index (χ1v) is 12.3. The minimum Gasteiger partial charge on any atom is -0.361 e. The van der Waals surface area contributed by atoms with Crippen LogP contribution in [0.4, 0.5) is 5.13 Å². The van der Waals surface area contributed by atoms with Gasteiger partial charge in [0.1, 0.15) is 4.21 Å². The third-order valence-electron chi connectivity index (χ3n) is 4.22. The second kappa shape index (κ2) is 9.62. The van der Waals surface area contributed by atoms with E-state index in [2.05, 4.69) is 10.3 Å². The molecule has 9 heteroatoms. The Hall–Kier alpha value is -2.07. The molecule has 1 aromatic carbocycles. The SMILES string of the molecule is CCc1ccccc1C(=O)c1sc(NCCCOS(=O)(=O)c2cccs2)nc1C. The Labute approximate surface area is 178 Å². The Morgan fingerprint density at radius 2 is 2.00 bits per heavy atom. The lowest BCUT2D eigenvalue weighted by atomic mass is 10.0. The zero-order valence-corrected chi connectivity index (χ0v) is 18.6. The standard InChI is InChI=1S/C20H22N2O4S3/c1-3-15-8-4-5-9-16(15)18(23)19-14(2)22-20(28-19)21-11-7-12-26-29(24,25)17-10-6-13-27-17/h4-6,8-10,13H,3,7,11-12H2,1-2H3,(H,21,22). The third kappa shape index (κ3) is 5.30. The molecule has 6 nitrogen and oxygen atoms in total. The minimum absolute atomic E-state index is 0.0177. The molecule has 0 amide bonds. The predicted molar refractivity (Wildman–Crippen MR) is 117 cm³/mol. The molecule has 0 aliphatic carbocycles. The Morgan fingerprint density at radius 3 is 2.72 bits per heavy atom. The number of nitrogens with zero attached hydrogens (tertiary/aromatic N) is 1. The van der Waals surface area contributed by atoms with Crippen molar-refractivity contribution in [1.29, 1.82) is 0 Å². The summed E-state index contributed by atoms with van der Waals surface area (Å²) in [7, 11) is -3.68. The summed E-state index contributed by atoms with van der Waals surface area (Å²) in [6, 6.07) is 10.8. The fourth-order valence-electron chi connectivity index (χ4n) is 2.76. The van der Waals surface area contributed by atoms with Crippen molar-refractivity contribution in [3.8, 4) is 0 Å². The van der Waals surface area contributed by atoms with E-state index in [0.29, 0.717) is 34.2 Å². The van der Waals surface area contributed by atoms with Gasteiger partial charge in [0.15, 0.2) is 5.13 Å². The Morgan fingerprint density at radius 1 is 1.21 bits per heavy atom. The minimum atomic E-state index is -3.68. The highest BCUT2D eigenvalue weighted by Gasteiger charge is 2.19. The van der Waals surface area contributed by atoms with E-state index in [0.717, 1.165) is 23.3 Å². The quantitative estimate of drug-likeness (QED) is 0.278. The number of benzene rings is 1. The van der Waals surface area contributed by atoms with Gasteiger partial charge >= 0.3 is 10.1 Å². The number of carbonyl (C=O) groups is 1. The van der Waals surface area contributed by atoms with Crippen LogP contribution in [0.5, 0.6) is 0 Å². The fraction of sp³-hybridized carbons (Fsp3) is 0.300. The zero-order valence-electron chi connectivity index (χ0n) is 16.2. The van der Waals surface area contributed by atoms with Crippen LogP contribution in [0.3, 0.4) is 0 Å². The lowest BCUT2D eigenvalue weighted by molar-refractivity contribution is 0.104. The molecule has 0 aliphatic rings. The average Bonchev–Trinajstić information content (AvgIpc) is 3.37. The van der Waals surface area contributed by atoms with Crippen molar-refractivity contribution in [3.05, 3.63) is 63.5 Å². The van der Waals surface area contributed by atoms with Crippen molar-refractivity contribution in [1.82, 2.24) is 4.98 Å². The van der Waals surface area contributed by atoms with Gasteiger partial charge in [-0.25, -0.2) is 4.98 Å². The number of thiazole rings is 1. The molecular formula is C20H22N2O4S3. The van der Waals surface area contributed by atoms with Gasteiger partial charge in [-0.1, -0.05) is 48.6 Å². The van der Waals surface area contributed by atoms with Crippen molar-refractivity contribution < 1.29 is 17.4 Å². The predicted octanol–water partition coefficient (Wildman–Crippen LogP) is 4.51. The summed E-state index contributed by atoms with van der Waals surface area (Å²) >= 11 is 2.44. The van der Waals surface area contributed by atoms with Crippen molar-refractivity contribution in [2.24, 2.45) is 0 Å². The number of anilines is 1. The van der Waals surface area contributed by atoms with Gasteiger partial charge < -0.3 is 5.32 Å². The summed E-state index contributed by atoms with van der Waals surface area (Å²) in [6.45, 7) is 4.42. The van der Waals surface area contributed by atoms with Crippen LogP contribution in [-0.2, 0) is 20.7 Å². The summed E-state index contributed by atoms with van der Waals surface area (Å²) in [5, 5.41) is 5.48. The molecule has 2 aromatic heterocycles. The first-order chi connectivity index (χ1) is 13.9. The van der Waals surface area contributed by atoms with E-state index >= 15 is 0 Å². The van der Waals surface area contributed by atoms with E-state index < -0.39 is 10.1 Å². The second-order valence-corrected chi connectivity index (χ2v) is 10.1. The van der Waals surface area contributed by atoms with Gasteiger partial charge in [0.2, 0.25) is 5.78 Å². The Balaban J connectivity index is 1.55. The average molecular weight is 451 g/mol. The monoisotopic (exact) mass is 450 g/mol. The van der Waals surface area contributed by atoms with Crippen LogP contribution in [0.15, 0.2) is 46.0 Å². The Bertz CT molecular complexity index is 1070. The number of hydrogen-bond donors (Lipinski definition) is 1. The number of rotatable bonds is 10. The molecule has 154 valence electrons. The molecular weight excluding hydrogens is 428 g/mol. The molecule has 0 aliphatic heterocycles. The molecule has 0 radical (unpaired) electrons.